The van der Waals surface area contributed by atoms with E-state index < -0.39 is 43.4 Å². The molecule has 5 aliphatic rings. The third kappa shape index (κ3) is 14.7. The van der Waals surface area contributed by atoms with Gasteiger partial charge in [-0.05, 0) is 154 Å². The van der Waals surface area contributed by atoms with Crippen molar-refractivity contribution in [3.63, 3.8) is 0 Å². The maximum atomic E-state index is 14.2. The van der Waals surface area contributed by atoms with Crippen LogP contribution in [0.5, 0.6) is 11.5 Å². The lowest BCUT2D eigenvalue weighted by atomic mass is 9.72. The summed E-state index contributed by atoms with van der Waals surface area (Å²) in [4.78, 5) is 79.4. The Kier molecular flexibility index (Phi) is 19.0. The van der Waals surface area contributed by atoms with E-state index in [1.807, 2.05) is 36.4 Å². The number of fused-ring (bicyclic) bond motifs is 2. The number of carbonyl (C=O) groups is 4. The average molecular weight is 1230 g/mol. The molecule has 460 valence electrons. The first-order valence-electron chi connectivity index (χ1n) is 30.7. The molecule has 4 aromatic carbocycles. The summed E-state index contributed by atoms with van der Waals surface area (Å²) in [7, 11) is -4.61. The molecular weight excluding hydrogens is 1160 g/mol. The van der Waals surface area contributed by atoms with Gasteiger partial charge >= 0.3 is 0 Å². The monoisotopic (exact) mass is 1230 g/mol. The molecular formula is C67H75ClN10O9S. The first kappa shape index (κ1) is 61.6. The van der Waals surface area contributed by atoms with E-state index in [1.54, 1.807) is 35.4 Å². The van der Waals surface area contributed by atoms with Gasteiger partial charge in [-0.15, -0.1) is 0 Å². The fourth-order valence-electron chi connectivity index (χ4n) is 12.8. The van der Waals surface area contributed by atoms with E-state index in [9.17, 15) is 37.7 Å². The van der Waals surface area contributed by atoms with Gasteiger partial charge in [-0.1, -0.05) is 86.4 Å². The lowest BCUT2D eigenvalue weighted by Gasteiger charge is -2.39. The minimum absolute atomic E-state index is 0.0481. The number of imide groups is 1. The number of hydrogen-bond acceptors (Lipinski definition) is 14. The van der Waals surface area contributed by atoms with Crippen LogP contribution >= 0.6 is 11.6 Å². The molecule has 19 nitrogen and oxygen atoms in total. The SMILES string of the molecule is CC1(C)CCC(CN2CCN(c3ccc(C(=O)NS(=O)(=O)c4ccc(NCC5CCN(CCCCCCCC#Cc6cccc7c6C(=O)N(C6CCC(=O)NC6=O)C7)CC5)c([N+](=O)[O-])c4)c(Oc4cnc5[nH]ccc5c4)c3)CC2)=C(c2ccc(Cl)cc2)C1. The number of benzene rings is 4. The van der Waals surface area contributed by atoms with Gasteiger partial charge in [0.2, 0.25) is 11.8 Å². The number of sulfonamides is 1. The van der Waals surface area contributed by atoms with Crippen LogP contribution < -0.4 is 25.0 Å². The molecule has 6 heterocycles. The highest BCUT2D eigenvalue weighted by Gasteiger charge is 2.40. The van der Waals surface area contributed by atoms with E-state index in [1.165, 1.54) is 35.0 Å². The number of pyridine rings is 1. The average Bonchev–Trinajstić information content (AvgIpc) is 1.70. The molecule has 3 saturated heterocycles. The molecule has 0 spiro atoms. The molecule has 4 N–H and O–H groups in total. The van der Waals surface area contributed by atoms with Crippen molar-refractivity contribution in [1.82, 2.24) is 34.7 Å². The number of piperazine rings is 1. The van der Waals surface area contributed by atoms with Crippen LogP contribution in [0.25, 0.3) is 16.6 Å². The predicted octanol–water partition coefficient (Wildman–Crippen LogP) is 11.1. The highest BCUT2D eigenvalue weighted by Crippen LogP contribution is 2.44. The van der Waals surface area contributed by atoms with Crippen LogP contribution in [0.3, 0.4) is 0 Å². The van der Waals surface area contributed by atoms with Gasteiger partial charge in [-0.2, -0.15) is 0 Å². The van der Waals surface area contributed by atoms with Crippen molar-refractivity contribution in [3.05, 3.63) is 152 Å². The number of aromatic nitrogens is 2. The first-order chi connectivity index (χ1) is 42.4. The Morgan fingerprint density at radius 3 is 2.45 bits per heavy atom. The molecule has 6 aromatic rings. The van der Waals surface area contributed by atoms with E-state index in [2.05, 4.69) is 77.8 Å². The van der Waals surface area contributed by atoms with Crippen LogP contribution in [0.2, 0.25) is 5.02 Å². The molecule has 2 aromatic heterocycles. The van der Waals surface area contributed by atoms with Crippen LogP contribution in [0, 0.1) is 33.3 Å². The van der Waals surface area contributed by atoms with Gasteiger partial charge in [0.1, 0.15) is 28.9 Å². The first-order valence-corrected chi connectivity index (χ1v) is 32.6. The van der Waals surface area contributed by atoms with Crippen molar-refractivity contribution >= 4 is 78.9 Å². The van der Waals surface area contributed by atoms with E-state index in [-0.39, 0.29) is 46.6 Å². The Morgan fingerprint density at radius 2 is 1.67 bits per heavy atom. The molecule has 11 rings (SSSR count). The summed E-state index contributed by atoms with van der Waals surface area (Å²) >= 11 is 6.27. The second kappa shape index (κ2) is 27.1. The molecule has 3 fully saturated rings. The summed E-state index contributed by atoms with van der Waals surface area (Å²) in [6.45, 7) is 12.2. The Morgan fingerprint density at radius 1 is 0.886 bits per heavy atom. The molecule has 88 heavy (non-hydrogen) atoms. The highest BCUT2D eigenvalue weighted by atomic mass is 35.5. The van der Waals surface area contributed by atoms with Crippen LogP contribution in [0.4, 0.5) is 17.1 Å². The zero-order valence-corrected chi connectivity index (χ0v) is 51.4. The molecule has 1 atom stereocenters. The van der Waals surface area contributed by atoms with Gasteiger partial charge in [-0.25, -0.2) is 18.1 Å². The minimum Gasteiger partial charge on any atom is -0.455 e. The fourth-order valence-corrected chi connectivity index (χ4v) is 13.9. The number of carbonyl (C=O) groups excluding carboxylic acids is 4. The van der Waals surface area contributed by atoms with E-state index in [0.717, 1.165) is 131 Å². The highest BCUT2D eigenvalue weighted by molar-refractivity contribution is 7.90. The maximum Gasteiger partial charge on any atom is 0.293 e. The Balaban J connectivity index is 0.646. The number of likely N-dealkylation sites (tertiary alicyclic amines) is 1. The third-order valence-electron chi connectivity index (χ3n) is 17.9. The number of nitro groups is 1. The summed E-state index contributed by atoms with van der Waals surface area (Å²) < 4.78 is 36.5. The maximum absolute atomic E-state index is 14.2. The molecule has 0 saturated carbocycles. The molecule has 21 heteroatoms. The number of piperidine rings is 2. The largest absolute Gasteiger partial charge is 0.455 e. The van der Waals surface area contributed by atoms with Gasteiger partial charge < -0.3 is 29.7 Å². The summed E-state index contributed by atoms with van der Waals surface area (Å²) in [6.07, 6.45) is 14.8. The molecule has 0 bridgehead atoms. The number of aromatic amines is 1. The Hall–Kier alpha value is -8.09. The normalized spacial score (nSPS) is 18.4. The van der Waals surface area contributed by atoms with Gasteiger partial charge in [0.15, 0.2) is 0 Å². The fraction of sp³-hybridized carbons (Fsp3) is 0.418. The zero-order valence-electron chi connectivity index (χ0n) is 49.9. The number of unbranched alkanes of at least 4 members (excludes halogenated alkanes) is 5. The number of halogens is 1. The molecule has 0 radical (unpaired) electrons. The van der Waals surface area contributed by atoms with Crippen LogP contribution in [-0.4, -0.2) is 127 Å². The number of nitro benzene ring substituents is 1. The number of allylic oxidation sites excluding steroid dienone is 1. The number of rotatable bonds is 21. The van der Waals surface area contributed by atoms with Crippen molar-refractivity contribution in [2.24, 2.45) is 11.3 Å². The van der Waals surface area contributed by atoms with Crippen LogP contribution in [0.15, 0.2) is 114 Å². The summed E-state index contributed by atoms with van der Waals surface area (Å²) in [5, 5.41) is 19.5. The lowest BCUT2D eigenvalue weighted by molar-refractivity contribution is -0.384. The van der Waals surface area contributed by atoms with Crippen LogP contribution in [-0.2, 0) is 26.2 Å². The van der Waals surface area contributed by atoms with E-state index >= 15 is 0 Å². The number of ether oxygens (including phenoxy) is 1. The minimum atomic E-state index is -4.61. The standard InChI is InChI=1S/C67H75ClN10O9S/c1-67(2)28-24-49(56(40-67)46-14-16-51(68)17-15-46)43-75-33-35-76(36-34-75)52-18-20-55(60(38-52)87-53-37-48-25-29-69-63(48)71-42-53)64(80)73-88(85,86)54-19-21-57(59(39-54)78(83)84)70-41-45-26-31-74(32-27-45)30-9-7-5-3-4-6-8-11-47-12-10-13-50-44-77(66(82)62(47)50)58-22-23-61(79)72-65(58)81/h10,12-21,25,29,37-39,42,45,58,70H,3-7,9,22-24,26-28,30-36,40-41,43-44H2,1-2H3,(H,69,71)(H,73,80)(H,72,79,81). The summed E-state index contributed by atoms with van der Waals surface area (Å²) in [6, 6.07) is 25.5. The molecule has 4 aliphatic heterocycles. The van der Waals surface area contributed by atoms with E-state index in [4.69, 9.17) is 16.3 Å². The van der Waals surface area contributed by atoms with E-state index in [0.29, 0.717) is 61.5 Å². The number of nitrogens with zero attached hydrogens (tertiary/aromatic N) is 6. The number of hydrogen-bond donors (Lipinski definition) is 4. The topological polar surface area (TPSA) is 233 Å². The van der Waals surface area contributed by atoms with Gasteiger partial charge in [0, 0.05) is 98.6 Å². The van der Waals surface area contributed by atoms with Gasteiger partial charge in [-0.3, -0.25) is 39.5 Å². The predicted molar refractivity (Wildman–Crippen MR) is 340 cm³/mol. The zero-order chi connectivity index (χ0) is 61.5. The second-order valence-corrected chi connectivity index (χ2v) is 26.8. The van der Waals surface area contributed by atoms with Crippen molar-refractivity contribution in [2.75, 3.05) is 69.1 Å². The lowest BCUT2D eigenvalue weighted by Crippen LogP contribution is -2.52. The Bertz CT molecular complexity index is 3840. The number of amides is 4. The molecule has 4 amide bonds. The quantitative estimate of drug-likeness (QED) is 0.0173. The summed E-state index contributed by atoms with van der Waals surface area (Å²) in [5.41, 5.74) is 7.54. The Labute approximate surface area is 518 Å². The smallest absolute Gasteiger partial charge is 0.293 e. The number of anilines is 2. The van der Waals surface area contributed by atoms with Gasteiger partial charge in [0.05, 0.1) is 27.1 Å². The number of H-pyrrole nitrogens is 1. The van der Waals surface area contributed by atoms with Crippen molar-refractivity contribution in [1.29, 1.82) is 0 Å². The molecule has 1 unspecified atom stereocenters. The van der Waals surface area contributed by atoms with Crippen molar-refractivity contribution in [3.8, 4) is 23.3 Å². The second-order valence-electron chi connectivity index (χ2n) is 24.7. The van der Waals surface area contributed by atoms with Crippen LogP contribution in [0.1, 0.15) is 135 Å². The van der Waals surface area contributed by atoms with Gasteiger partial charge in [0.25, 0.3) is 27.5 Å². The third-order valence-corrected chi connectivity index (χ3v) is 19.5. The van der Waals surface area contributed by atoms with Crippen molar-refractivity contribution in [2.45, 2.75) is 115 Å². The molecule has 1 aliphatic carbocycles. The van der Waals surface area contributed by atoms with Crippen molar-refractivity contribution < 1.29 is 37.3 Å². The summed E-state index contributed by atoms with van der Waals surface area (Å²) in [5.74, 6) is 5.25. The number of nitrogens with one attached hydrogen (secondary N) is 4.